The summed E-state index contributed by atoms with van der Waals surface area (Å²) in [6, 6.07) is 5.91. The highest BCUT2D eigenvalue weighted by molar-refractivity contribution is 5.76. The number of alkyl halides is 3. The number of likely N-dealkylation sites (tertiary alicyclic amines) is 1. The summed E-state index contributed by atoms with van der Waals surface area (Å²) in [6.45, 7) is 1.39. The number of hydrogen-bond acceptors (Lipinski definition) is 3. The summed E-state index contributed by atoms with van der Waals surface area (Å²) in [4.78, 5) is 13.6. The number of benzene rings is 1. The Morgan fingerprint density at radius 1 is 1.32 bits per heavy atom. The molecule has 0 bridgehead atoms. The fourth-order valence-electron chi connectivity index (χ4n) is 3.82. The van der Waals surface area contributed by atoms with Gasteiger partial charge in [0.15, 0.2) is 0 Å². The molecule has 2 aliphatic rings. The summed E-state index contributed by atoms with van der Waals surface area (Å²) in [5, 5.41) is 0. The molecule has 4 nitrogen and oxygen atoms in total. The molecular weight excluding hydrogens is 335 g/mol. The molecule has 138 valence electrons. The minimum absolute atomic E-state index is 0.397. The van der Waals surface area contributed by atoms with Crippen LogP contribution in [0.5, 0.6) is 5.75 Å². The predicted molar refractivity (Wildman–Crippen MR) is 85.4 cm³/mol. The lowest BCUT2D eigenvalue weighted by Gasteiger charge is -2.45. The van der Waals surface area contributed by atoms with E-state index in [0.717, 1.165) is 17.7 Å². The number of carbonyl (C=O) groups is 1. The van der Waals surface area contributed by atoms with Gasteiger partial charge in [-0.3, -0.25) is 4.79 Å². The van der Waals surface area contributed by atoms with Gasteiger partial charge in [0.2, 0.25) is 5.91 Å². The van der Waals surface area contributed by atoms with E-state index in [0.29, 0.717) is 32.5 Å². The molecule has 0 atom stereocenters. The Morgan fingerprint density at radius 3 is 2.68 bits per heavy atom. The minimum atomic E-state index is -4.30. The van der Waals surface area contributed by atoms with E-state index in [-0.39, 0.29) is 0 Å². The first kappa shape index (κ1) is 18.0. The van der Waals surface area contributed by atoms with Gasteiger partial charge in [0.05, 0.1) is 20.1 Å². The summed E-state index contributed by atoms with van der Waals surface area (Å²) in [7, 11) is 1.62. The van der Waals surface area contributed by atoms with Crippen molar-refractivity contribution in [2.45, 2.75) is 43.9 Å². The van der Waals surface area contributed by atoms with E-state index in [4.69, 9.17) is 9.47 Å². The maximum Gasteiger partial charge on any atom is 0.389 e. The first-order valence-corrected chi connectivity index (χ1v) is 8.49. The SMILES string of the molecule is COc1cccc2c1C1(CCN(C(=O)CCC(F)(F)F)CC1)OCC2. The van der Waals surface area contributed by atoms with Gasteiger partial charge in [0.25, 0.3) is 0 Å². The van der Waals surface area contributed by atoms with E-state index in [2.05, 4.69) is 6.07 Å². The zero-order chi connectivity index (χ0) is 18.1. The Bertz CT molecular complexity index is 623. The van der Waals surface area contributed by atoms with Crippen LogP contribution in [0.1, 0.15) is 36.8 Å². The van der Waals surface area contributed by atoms with Crippen LogP contribution in [0.2, 0.25) is 0 Å². The molecule has 2 heterocycles. The molecule has 1 aromatic carbocycles. The lowest BCUT2D eigenvalue weighted by Crippen LogP contribution is -2.48. The molecule has 1 saturated heterocycles. The molecule has 25 heavy (non-hydrogen) atoms. The van der Waals surface area contributed by atoms with Crippen molar-refractivity contribution in [3.05, 3.63) is 29.3 Å². The van der Waals surface area contributed by atoms with Crippen LogP contribution in [0.4, 0.5) is 13.2 Å². The summed E-state index contributed by atoms with van der Waals surface area (Å²) in [5.74, 6) is 0.331. The number of nitrogens with zero attached hydrogens (tertiary/aromatic N) is 1. The van der Waals surface area contributed by atoms with Gasteiger partial charge >= 0.3 is 6.18 Å². The van der Waals surface area contributed by atoms with Crippen molar-refractivity contribution in [2.24, 2.45) is 0 Å². The van der Waals surface area contributed by atoms with Gasteiger partial charge < -0.3 is 14.4 Å². The Hall–Kier alpha value is -1.76. The van der Waals surface area contributed by atoms with Crippen LogP contribution in [-0.2, 0) is 21.6 Å². The third kappa shape index (κ3) is 3.76. The van der Waals surface area contributed by atoms with Crippen LogP contribution in [0.3, 0.4) is 0 Å². The highest BCUT2D eigenvalue weighted by Gasteiger charge is 2.43. The van der Waals surface area contributed by atoms with Crippen molar-refractivity contribution in [1.29, 1.82) is 0 Å². The van der Waals surface area contributed by atoms with Crippen LogP contribution in [0.25, 0.3) is 0 Å². The van der Waals surface area contributed by atoms with Gasteiger partial charge in [-0.1, -0.05) is 12.1 Å². The highest BCUT2D eigenvalue weighted by Crippen LogP contribution is 2.45. The Kier molecular flexibility index (Phi) is 4.95. The van der Waals surface area contributed by atoms with Crippen LogP contribution < -0.4 is 4.74 Å². The molecule has 0 aromatic heterocycles. The second-order valence-corrected chi connectivity index (χ2v) is 6.58. The number of amides is 1. The van der Waals surface area contributed by atoms with E-state index in [1.54, 1.807) is 7.11 Å². The predicted octanol–water partition coefficient (Wildman–Crippen LogP) is 3.43. The number of methoxy groups -OCH3 is 1. The average Bonchev–Trinajstić information content (AvgIpc) is 2.59. The summed E-state index contributed by atoms with van der Waals surface area (Å²) < 4.78 is 48.6. The molecule has 0 saturated carbocycles. The van der Waals surface area contributed by atoms with Crippen LogP contribution in [0, 0.1) is 0 Å². The smallest absolute Gasteiger partial charge is 0.389 e. The van der Waals surface area contributed by atoms with Crippen molar-refractivity contribution in [3.63, 3.8) is 0 Å². The van der Waals surface area contributed by atoms with Crippen molar-refractivity contribution in [2.75, 3.05) is 26.8 Å². The molecule has 1 fully saturated rings. The van der Waals surface area contributed by atoms with Gasteiger partial charge in [-0.25, -0.2) is 0 Å². The number of halogens is 3. The molecule has 2 aliphatic heterocycles. The number of piperidine rings is 1. The van der Waals surface area contributed by atoms with Crippen molar-refractivity contribution < 1.29 is 27.4 Å². The largest absolute Gasteiger partial charge is 0.496 e. The Labute approximate surface area is 144 Å². The van der Waals surface area contributed by atoms with E-state index >= 15 is 0 Å². The molecule has 0 N–H and O–H groups in total. The quantitative estimate of drug-likeness (QED) is 0.832. The van der Waals surface area contributed by atoms with Crippen LogP contribution >= 0.6 is 0 Å². The Morgan fingerprint density at radius 2 is 2.04 bits per heavy atom. The maximum atomic E-state index is 12.3. The number of rotatable bonds is 3. The number of hydrogen-bond donors (Lipinski definition) is 0. The lowest BCUT2D eigenvalue weighted by molar-refractivity contribution is -0.154. The maximum absolute atomic E-state index is 12.3. The highest BCUT2D eigenvalue weighted by atomic mass is 19.4. The first-order chi connectivity index (χ1) is 11.8. The number of fused-ring (bicyclic) bond motifs is 2. The average molecular weight is 357 g/mol. The topological polar surface area (TPSA) is 38.8 Å². The van der Waals surface area contributed by atoms with E-state index in [1.165, 1.54) is 10.5 Å². The fraction of sp³-hybridized carbons (Fsp3) is 0.611. The molecule has 0 aliphatic carbocycles. The van der Waals surface area contributed by atoms with Gasteiger partial charge in [-0.2, -0.15) is 13.2 Å². The molecule has 0 radical (unpaired) electrons. The summed E-state index contributed by atoms with van der Waals surface area (Å²) in [5.41, 5.74) is 1.70. The third-order valence-electron chi connectivity index (χ3n) is 5.08. The Balaban J connectivity index is 1.72. The summed E-state index contributed by atoms with van der Waals surface area (Å²) >= 11 is 0. The third-order valence-corrected chi connectivity index (χ3v) is 5.08. The van der Waals surface area contributed by atoms with Crippen LogP contribution in [-0.4, -0.2) is 43.8 Å². The molecule has 1 spiro atoms. The second kappa shape index (κ2) is 6.86. The molecule has 7 heteroatoms. The monoisotopic (exact) mass is 357 g/mol. The summed E-state index contributed by atoms with van der Waals surface area (Å²) in [6.07, 6.45) is -3.91. The number of ether oxygens (including phenoxy) is 2. The normalized spacial score (nSPS) is 19.6. The molecule has 1 aromatic rings. The molecular formula is C18H22F3NO3. The van der Waals surface area contributed by atoms with E-state index in [1.807, 2.05) is 12.1 Å². The van der Waals surface area contributed by atoms with E-state index < -0.39 is 30.5 Å². The molecule has 0 unspecified atom stereocenters. The van der Waals surface area contributed by atoms with Crippen molar-refractivity contribution >= 4 is 5.91 Å². The van der Waals surface area contributed by atoms with Gasteiger partial charge in [0, 0.05) is 25.1 Å². The minimum Gasteiger partial charge on any atom is -0.496 e. The fourth-order valence-corrected chi connectivity index (χ4v) is 3.82. The van der Waals surface area contributed by atoms with Crippen molar-refractivity contribution in [1.82, 2.24) is 4.90 Å². The zero-order valence-electron chi connectivity index (χ0n) is 14.2. The van der Waals surface area contributed by atoms with E-state index in [9.17, 15) is 18.0 Å². The second-order valence-electron chi connectivity index (χ2n) is 6.58. The zero-order valence-corrected chi connectivity index (χ0v) is 14.2. The first-order valence-electron chi connectivity index (χ1n) is 8.49. The van der Waals surface area contributed by atoms with Crippen LogP contribution in [0.15, 0.2) is 18.2 Å². The number of carbonyl (C=O) groups excluding carboxylic acids is 1. The lowest BCUT2D eigenvalue weighted by atomic mass is 9.78. The molecule has 1 amide bonds. The molecule has 3 rings (SSSR count). The van der Waals surface area contributed by atoms with Crippen molar-refractivity contribution in [3.8, 4) is 5.75 Å². The van der Waals surface area contributed by atoms with Gasteiger partial charge in [0.1, 0.15) is 11.4 Å². The van der Waals surface area contributed by atoms with Gasteiger partial charge in [-0.15, -0.1) is 0 Å². The standard InChI is InChI=1S/C18H22F3NO3/c1-24-14-4-2-3-13-6-12-25-17(16(13)14)8-10-22(11-9-17)15(23)5-7-18(19,20)21/h2-4H,5-12H2,1H3. The van der Waals surface area contributed by atoms with Gasteiger partial charge in [-0.05, 0) is 30.9 Å².